The number of hydrogen-bond donors (Lipinski definition) is 1. The molecule has 0 bridgehead atoms. The summed E-state index contributed by atoms with van der Waals surface area (Å²) in [6, 6.07) is 8.64. The van der Waals surface area contributed by atoms with Gasteiger partial charge in [-0.3, -0.25) is 9.59 Å². The van der Waals surface area contributed by atoms with Crippen molar-refractivity contribution < 1.29 is 14.3 Å². The highest BCUT2D eigenvalue weighted by Gasteiger charge is 2.29. The van der Waals surface area contributed by atoms with Gasteiger partial charge in [0.1, 0.15) is 11.8 Å². The molecule has 2 aromatic rings. The predicted molar refractivity (Wildman–Crippen MR) is 133 cm³/mol. The van der Waals surface area contributed by atoms with Crippen LogP contribution in [0.1, 0.15) is 54.9 Å². The number of carbonyl (C=O) groups is 2. The zero-order valence-electron chi connectivity index (χ0n) is 19.7. The number of nitrogens with one attached hydrogen (secondary N) is 1. The standard InChI is InChI=1S/C26H32Cl2N2O3/c1-16-11-17(2)18(3)24(12-16)33-15-25(31)30(14-20-9-10-21(27)13-23(20)28)19(4)26(32)29-22-7-5-6-8-22/h9-13,19,22H,5-8,14-15H2,1-4H3,(H,29,32)/t19-/m0/s1. The Labute approximate surface area is 206 Å². The summed E-state index contributed by atoms with van der Waals surface area (Å²) in [5, 5.41) is 4.06. The highest BCUT2D eigenvalue weighted by molar-refractivity contribution is 6.35. The van der Waals surface area contributed by atoms with Crippen molar-refractivity contribution in [2.24, 2.45) is 0 Å². The maximum absolute atomic E-state index is 13.3. The Morgan fingerprint density at radius 2 is 1.82 bits per heavy atom. The quantitative estimate of drug-likeness (QED) is 0.510. The van der Waals surface area contributed by atoms with Crippen molar-refractivity contribution in [3.63, 3.8) is 0 Å². The number of carbonyl (C=O) groups excluding carboxylic acids is 2. The van der Waals surface area contributed by atoms with Crippen molar-refractivity contribution in [1.29, 1.82) is 0 Å². The molecule has 7 heteroatoms. The summed E-state index contributed by atoms with van der Waals surface area (Å²) in [4.78, 5) is 27.8. The second-order valence-electron chi connectivity index (χ2n) is 8.92. The third-order valence-corrected chi connectivity index (χ3v) is 6.93. The normalized spacial score (nSPS) is 14.7. The van der Waals surface area contributed by atoms with Gasteiger partial charge in [0.15, 0.2) is 6.61 Å². The number of benzene rings is 2. The Balaban J connectivity index is 1.78. The van der Waals surface area contributed by atoms with Gasteiger partial charge in [-0.25, -0.2) is 0 Å². The average Bonchev–Trinajstić information content (AvgIpc) is 3.27. The van der Waals surface area contributed by atoms with Crippen LogP contribution in [0.2, 0.25) is 10.0 Å². The van der Waals surface area contributed by atoms with E-state index in [9.17, 15) is 9.59 Å². The maximum Gasteiger partial charge on any atom is 0.261 e. The zero-order chi connectivity index (χ0) is 24.1. The molecule has 3 rings (SSSR count). The number of halogens is 2. The molecule has 0 aliphatic heterocycles. The fourth-order valence-corrected chi connectivity index (χ4v) is 4.65. The number of ether oxygens (including phenoxy) is 1. The molecular formula is C26H32Cl2N2O3. The van der Waals surface area contributed by atoms with E-state index >= 15 is 0 Å². The molecule has 1 N–H and O–H groups in total. The van der Waals surface area contributed by atoms with E-state index in [0.29, 0.717) is 15.8 Å². The van der Waals surface area contributed by atoms with Crippen LogP contribution in [0.4, 0.5) is 0 Å². The van der Waals surface area contributed by atoms with E-state index in [2.05, 4.69) is 11.4 Å². The summed E-state index contributed by atoms with van der Waals surface area (Å²) in [7, 11) is 0. The van der Waals surface area contributed by atoms with E-state index in [4.69, 9.17) is 27.9 Å². The van der Waals surface area contributed by atoms with Gasteiger partial charge < -0.3 is 15.0 Å². The Morgan fingerprint density at radius 1 is 1.12 bits per heavy atom. The Kier molecular flexibility index (Phi) is 8.66. The molecule has 178 valence electrons. The highest BCUT2D eigenvalue weighted by atomic mass is 35.5. The Morgan fingerprint density at radius 3 is 2.48 bits per heavy atom. The second-order valence-corrected chi connectivity index (χ2v) is 9.76. The SMILES string of the molecule is Cc1cc(C)c(C)c(OCC(=O)N(Cc2ccc(Cl)cc2Cl)[C@@H](C)C(=O)NC2CCCC2)c1. The summed E-state index contributed by atoms with van der Waals surface area (Å²) in [6.07, 6.45) is 4.19. The van der Waals surface area contributed by atoms with Crippen molar-refractivity contribution in [3.05, 3.63) is 62.6 Å². The maximum atomic E-state index is 13.3. The minimum atomic E-state index is -0.672. The molecule has 1 atom stereocenters. The topological polar surface area (TPSA) is 58.6 Å². The number of hydrogen-bond acceptors (Lipinski definition) is 3. The van der Waals surface area contributed by atoms with Gasteiger partial charge >= 0.3 is 0 Å². The van der Waals surface area contributed by atoms with Crippen molar-refractivity contribution in [2.45, 2.75) is 72.0 Å². The lowest BCUT2D eigenvalue weighted by Crippen LogP contribution is -2.50. The van der Waals surface area contributed by atoms with Crippen molar-refractivity contribution in [1.82, 2.24) is 10.2 Å². The first-order valence-electron chi connectivity index (χ1n) is 11.4. The largest absolute Gasteiger partial charge is 0.483 e. The van der Waals surface area contributed by atoms with Crippen molar-refractivity contribution in [3.8, 4) is 5.75 Å². The third-order valence-electron chi connectivity index (χ3n) is 6.34. The smallest absolute Gasteiger partial charge is 0.261 e. The molecule has 0 radical (unpaired) electrons. The highest BCUT2D eigenvalue weighted by Crippen LogP contribution is 2.25. The van der Waals surface area contributed by atoms with E-state index in [1.165, 1.54) is 4.90 Å². The minimum absolute atomic E-state index is 0.164. The lowest BCUT2D eigenvalue weighted by molar-refractivity contribution is -0.142. The molecule has 2 aromatic carbocycles. The molecule has 2 amide bonds. The summed E-state index contributed by atoms with van der Waals surface area (Å²) >= 11 is 12.4. The van der Waals surface area contributed by atoms with E-state index in [0.717, 1.165) is 47.9 Å². The summed E-state index contributed by atoms with van der Waals surface area (Å²) in [5.74, 6) is 0.227. The van der Waals surface area contributed by atoms with Crippen molar-refractivity contribution >= 4 is 35.0 Å². The molecule has 1 fully saturated rings. The predicted octanol–water partition coefficient (Wildman–Crippen LogP) is 5.77. The second kappa shape index (κ2) is 11.3. The van der Waals surface area contributed by atoms with Gasteiger partial charge in [0.2, 0.25) is 5.91 Å². The first-order chi connectivity index (χ1) is 15.7. The number of rotatable bonds is 8. The van der Waals surface area contributed by atoms with E-state index in [1.54, 1.807) is 25.1 Å². The number of amides is 2. The van der Waals surface area contributed by atoms with Gasteiger partial charge in [0, 0.05) is 22.6 Å². The first-order valence-corrected chi connectivity index (χ1v) is 12.2. The van der Waals surface area contributed by atoms with Crippen LogP contribution < -0.4 is 10.1 Å². The molecule has 33 heavy (non-hydrogen) atoms. The molecule has 1 aliphatic rings. The van der Waals surface area contributed by atoms with Crippen LogP contribution in [-0.2, 0) is 16.1 Å². The van der Waals surface area contributed by atoms with Gasteiger partial charge in [-0.2, -0.15) is 0 Å². The van der Waals surface area contributed by atoms with Gasteiger partial charge in [-0.15, -0.1) is 0 Å². The van der Waals surface area contributed by atoms with Gasteiger partial charge in [0.05, 0.1) is 0 Å². The van der Waals surface area contributed by atoms with Crippen LogP contribution in [-0.4, -0.2) is 35.4 Å². The fraction of sp³-hybridized carbons (Fsp3) is 0.462. The van der Waals surface area contributed by atoms with Crippen LogP contribution in [0.15, 0.2) is 30.3 Å². The molecule has 1 aliphatic carbocycles. The van der Waals surface area contributed by atoms with Gasteiger partial charge in [-0.05, 0) is 81.0 Å². The number of nitrogens with zero attached hydrogens (tertiary/aromatic N) is 1. The zero-order valence-corrected chi connectivity index (χ0v) is 21.2. The Hall–Kier alpha value is -2.24. The Bertz CT molecular complexity index is 1020. The molecule has 0 spiro atoms. The van der Waals surface area contributed by atoms with Crippen LogP contribution in [0.3, 0.4) is 0 Å². The van der Waals surface area contributed by atoms with Crippen molar-refractivity contribution in [2.75, 3.05) is 6.61 Å². The van der Waals surface area contributed by atoms with Gasteiger partial charge in [-0.1, -0.05) is 48.2 Å². The van der Waals surface area contributed by atoms with E-state index in [1.807, 2.05) is 26.8 Å². The van der Waals surface area contributed by atoms with Crippen LogP contribution >= 0.6 is 23.2 Å². The minimum Gasteiger partial charge on any atom is -0.483 e. The number of aryl methyl sites for hydroxylation is 2. The summed E-state index contributed by atoms with van der Waals surface area (Å²) in [5.41, 5.74) is 3.88. The average molecular weight is 491 g/mol. The molecule has 0 saturated heterocycles. The van der Waals surface area contributed by atoms with E-state index < -0.39 is 6.04 Å². The fourth-order valence-electron chi connectivity index (χ4n) is 4.18. The lowest BCUT2D eigenvalue weighted by Gasteiger charge is -2.30. The molecule has 0 unspecified atom stereocenters. The van der Waals surface area contributed by atoms with E-state index in [-0.39, 0.29) is 31.0 Å². The van der Waals surface area contributed by atoms with Crippen LogP contribution in [0, 0.1) is 20.8 Å². The molecule has 0 heterocycles. The molecule has 0 aromatic heterocycles. The third kappa shape index (κ3) is 6.64. The van der Waals surface area contributed by atoms with Crippen LogP contribution in [0.5, 0.6) is 5.75 Å². The molecule has 1 saturated carbocycles. The molecular weight excluding hydrogens is 459 g/mol. The summed E-state index contributed by atoms with van der Waals surface area (Å²) in [6.45, 7) is 7.73. The monoisotopic (exact) mass is 490 g/mol. The van der Waals surface area contributed by atoms with Crippen LogP contribution in [0.25, 0.3) is 0 Å². The molecule has 5 nitrogen and oxygen atoms in total. The van der Waals surface area contributed by atoms with Gasteiger partial charge in [0.25, 0.3) is 5.91 Å². The first kappa shape index (κ1) is 25.4. The lowest BCUT2D eigenvalue weighted by atomic mass is 10.1. The summed E-state index contributed by atoms with van der Waals surface area (Å²) < 4.78 is 5.91.